The number of ketones is 1. The zero-order chi connectivity index (χ0) is 12.1. The summed E-state index contributed by atoms with van der Waals surface area (Å²) in [6, 6.07) is 6.73. The fourth-order valence-corrected chi connectivity index (χ4v) is 1.37. The molecule has 4 heteroatoms. The third-order valence-corrected chi connectivity index (χ3v) is 2.51. The van der Waals surface area contributed by atoms with Crippen molar-refractivity contribution in [2.75, 3.05) is 6.54 Å². The molecule has 0 aliphatic rings. The highest BCUT2D eigenvalue weighted by molar-refractivity contribution is 9.10. The summed E-state index contributed by atoms with van der Waals surface area (Å²) >= 11 is 3.27. The lowest BCUT2D eigenvalue weighted by Crippen LogP contribution is -2.33. The van der Waals surface area contributed by atoms with Crippen LogP contribution in [0.15, 0.2) is 28.7 Å². The van der Waals surface area contributed by atoms with Crippen LogP contribution in [0, 0.1) is 5.92 Å². The third-order valence-electron chi connectivity index (χ3n) is 1.98. The number of benzene rings is 1. The molecule has 0 heterocycles. The van der Waals surface area contributed by atoms with E-state index in [2.05, 4.69) is 21.2 Å². The van der Waals surface area contributed by atoms with Gasteiger partial charge in [0.2, 0.25) is 5.78 Å². The molecule has 0 aliphatic carbocycles. The van der Waals surface area contributed by atoms with Gasteiger partial charge in [0.25, 0.3) is 5.91 Å². The quantitative estimate of drug-likeness (QED) is 0.681. The number of halogens is 1. The lowest BCUT2D eigenvalue weighted by atomic mass is 10.1. The van der Waals surface area contributed by atoms with E-state index in [1.165, 1.54) is 0 Å². The molecule has 86 valence electrons. The highest BCUT2D eigenvalue weighted by atomic mass is 79.9. The molecule has 0 fully saturated rings. The summed E-state index contributed by atoms with van der Waals surface area (Å²) in [5.74, 6) is -0.703. The van der Waals surface area contributed by atoms with Crippen molar-refractivity contribution in [3.63, 3.8) is 0 Å². The molecule has 0 saturated carbocycles. The van der Waals surface area contributed by atoms with Crippen LogP contribution < -0.4 is 5.32 Å². The number of amides is 1. The average Bonchev–Trinajstić information content (AvgIpc) is 2.26. The molecule has 0 spiro atoms. The molecule has 1 N–H and O–H groups in total. The first-order valence-electron chi connectivity index (χ1n) is 5.09. The van der Waals surface area contributed by atoms with Crippen molar-refractivity contribution in [3.8, 4) is 0 Å². The van der Waals surface area contributed by atoms with E-state index in [0.717, 1.165) is 4.47 Å². The second kappa shape index (κ2) is 5.80. The van der Waals surface area contributed by atoms with Crippen LogP contribution in [0.3, 0.4) is 0 Å². The maximum absolute atomic E-state index is 11.6. The number of carbonyl (C=O) groups is 2. The number of rotatable bonds is 4. The fourth-order valence-electron chi connectivity index (χ4n) is 1.11. The smallest absolute Gasteiger partial charge is 0.292 e. The standard InChI is InChI=1S/C12H14BrNO2/c1-8(2)7-14-12(16)11(15)9-3-5-10(13)6-4-9/h3-6,8H,7H2,1-2H3,(H,14,16). The van der Waals surface area contributed by atoms with Crippen molar-refractivity contribution in [1.82, 2.24) is 5.32 Å². The van der Waals surface area contributed by atoms with E-state index in [9.17, 15) is 9.59 Å². The Balaban J connectivity index is 2.64. The van der Waals surface area contributed by atoms with Crippen LogP contribution >= 0.6 is 15.9 Å². The van der Waals surface area contributed by atoms with E-state index < -0.39 is 11.7 Å². The highest BCUT2D eigenvalue weighted by Crippen LogP contribution is 2.10. The van der Waals surface area contributed by atoms with Crippen molar-refractivity contribution >= 4 is 27.6 Å². The Kier molecular flexibility index (Phi) is 4.68. The average molecular weight is 284 g/mol. The third kappa shape index (κ3) is 3.77. The predicted molar refractivity (Wildman–Crippen MR) is 66.3 cm³/mol. The second-order valence-electron chi connectivity index (χ2n) is 3.94. The number of carbonyl (C=O) groups excluding carboxylic acids is 2. The monoisotopic (exact) mass is 283 g/mol. The minimum atomic E-state index is -0.545. The summed E-state index contributed by atoms with van der Waals surface area (Å²) in [7, 11) is 0. The van der Waals surface area contributed by atoms with E-state index in [1.807, 2.05) is 13.8 Å². The molecule has 0 aromatic heterocycles. The summed E-state index contributed by atoms with van der Waals surface area (Å²) in [4.78, 5) is 23.1. The first-order valence-corrected chi connectivity index (χ1v) is 5.88. The van der Waals surface area contributed by atoms with Crippen LogP contribution in [0.1, 0.15) is 24.2 Å². The van der Waals surface area contributed by atoms with Crippen molar-refractivity contribution in [1.29, 1.82) is 0 Å². The van der Waals surface area contributed by atoms with E-state index >= 15 is 0 Å². The minimum absolute atomic E-state index is 0.335. The Hall–Kier alpha value is -1.16. The zero-order valence-corrected chi connectivity index (χ0v) is 10.9. The van der Waals surface area contributed by atoms with Gasteiger partial charge in [-0.15, -0.1) is 0 Å². The van der Waals surface area contributed by atoms with Gasteiger partial charge in [0.15, 0.2) is 0 Å². The normalized spacial score (nSPS) is 10.2. The Bertz CT molecular complexity index is 385. The van der Waals surface area contributed by atoms with E-state index in [0.29, 0.717) is 18.0 Å². The van der Waals surface area contributed by atoms with Gasteiger partial charge in [-0.05, 0) is 30.2 Å². The maximum atomic E-state index is 11.6. The van der Waals surface area contributed by atoms with Gasteiger partial charge in [-0.3, -0.25) is 9.59 Å². The molecule has 0 saturated heterocycles. The molecule has 1 aromatic carbocycles. The summed E-state index contributed by atoms with van der Waals surface area (Å²) in [5.41, 5.74) is 0.407. The number of Topliss-reactive ketones (excluding diaryl/α,β-unsaturated/α-hetero) is 1. The molecule has 0 aliphatic heterocycles. The molecule has 1 rings (SSSR count). The van der Waals surface area contributed by atoms with Crippen LogP contribution in [0.25, 0.3) is 0 Å². The van der Waals surface area contributed by atoms with Gasteiger partial charge in [-0.25, -0.2) is 0 Å². The highest BCUT2D eigenvalue weighted by Gasteiger charge is 2.15. The van der Waals surface area contributed by atoms with E-state index in [1.54, 1.807) is 24.3 Å². The fraction of sp³-hybridized carbons (Fsp3) is 0.333. The van der Waals surface area contributed by atoms with E-state index in [-0.39, 0.29) is 0 Å². The Morgan fingerprint density at radius 2 is 1.81 bits per heavy atom. The first-order chi connectivity index (χ1) is 7.50. The zero-order valence-electron chi connectivity index (χ0n) is 9.29. The summed E-state index contributed by atoms with van der Waals surface area (Å²) in [5, 5.41) is 2.59. The number of hydrogen-bond donors (Lipinski definition) is 1. The van der Waals surface area contributed by atoms with Gasteiger partial charge >= 0.3 is 0 Å². The van der Waals surface area contributed by atoms with E-state index in [4.69, 9.17) is 0 Å². The van der Waals surface area contributed by atoms with Crippen molar-refractivity contribution in [2.45, 2.75) is 13.8 Å². The summed E-state index contributed by atoms with van der Waals surface area (Å²) in [6.07, 6.45) is 0. The molecule has 1 aromatic rings. The SMILES string of the molecule is CC(C)CNC(=O)C(=O)c1ccc(Br)cc1. The Labute approximate surface area is 103 Å². The molecular formula is C12H14BrNO2. The van der Waals surface area contributed by atoms with Crippen LogP contribution in [0.4, 0.5) is 0 Å². The van der Waals surface area contributed by atoms with Gasteiger partial charge in [-0.2, -0.15) is 0 Å². The van der Waals surface area contributed by atoms with Gasteiger partial charge in [0.1, 0.15) is 0 Å². The molecular weight excluding hydrogens is 270 g/mol. The lowest BCUT2D eigenvalue weighted by molar-refractivity contribution is -0.117. The van der Waals surface area contributed by atoms with Crippen molar-refractivity contribution < 1.29 is 9.59 Å². The first kappa shape index (κ1) is 12.9. The van der Waals surface area contributed by atoms with Gasteiger partial charge in [0, 0.05) is 16.6 Å². The molecule has 0 bridgehead atoms. The number of nitrogens with one attached hydrogen (secondary N) is 1. The van der Waals surface area contributed by atoms with Crippen molar-refractivity contribution in [2.24, 2.45) is 5.92 Å². The van der Waals surface area contributed by atoms with Crippen LogP contribution in [0.5, 0.6) is 0 Å². The largest absolute Gasteiger partial charge is 0.349 e. The van der Waals surface area contributed by atoms with Gasteiger partial charge < -0.3 is 5.32 Å². The Morgan fingerprint density at radius 3 is 2.31 bits per heavy atom. The Morgan fingerprint density at radius 1 is 1.25 bits per heavy atom. The predicted octanol–water partition coefficient (Wildman–Crippen LogP) is 2.40. The van der Waals surface area contributed by atoms with Gasteiger partial charge in [0.05, 0.1) is 0 Å². The van der Waals surface area contributed by atoms with Crippen LogP contribution in [-0.2, 0) is 4.79 Å². The second-order valence-corrected chi connectivity index (χ2v) is 4.86. The minimum Gasteiger partial charge on any atom is -0.349 e. The topological polar surface area (TPSA) is 46.2 Å². The van der Waals surface area contributed by atoms with Crippen molar-refractivity contribution in [3.05, 3.63) is 34.3 Å². The summed E-state index contributed by atoms with van der Waals surface area (Å²) < 4.78 is 0.881. The molecule has 3 nitrogen and oxygen atoms in total. The molecule has 1 amide bonds. The number of hydrogen-bond acceptors (Lipinski definition) is 2. The van der Waals surface area contributed by atoms with Crippen LogP contribution in [-0.4, -0.2) is 18.2 Å². The van der Waals surface area contributed by atoms with Crippen LogP contribution in [0.2, 0.25) is 0 Å². The molecule has 0 radical (unpaired) electrons. The summed E-state index contributed by atoms with van der Waals surface area (Å²) in [6.45, 7) is 4.47. The lowest BCUT2D eigenvalue weighted by Gasteiger charge is -2.06. The maximum Gasteiger partial charge on any atom is 0.292 e. The molecule has 0 atom stereocenters. The molecule has 16 heavy (non-hydrogen) atoms. The van der Waals surface area contributed by atoms with Gasteiger partial charge in [-0.1, -0.05) is 29.8 Å². The molecule has 0 unspecified atom stereocenters.